The van der Waals surface area contributed by atoms with Gasteiger partial charge in [0.05, 0.1) is 0 Å². The minimum atomic E-state index is 0.0977. The van der Waals surface area contributed by atoms with E-state index in [9.17, 15) is 0 Å². The Bertz CT molecular complexity index is 528. The molecule has 0 bridgehead atoms. The summed E-state index contributed by atoms with van der Waals surface area (Å²) in [5.41, 5.74) is 11.3. The zero-order chi connectivity index (χ0) is 13.1. The number of hydrogen-bond acceptors (Lipinski definition) is 2. The fourth-order valence-corrected chi connectivity index (χ4v) is 2.35. The third-order valence-electron chi connectivity index (χ3n) is 3.46. The Morgan fingerprint density at radius 1 is 1.28 bits per heavy atom. The average Bonchev–Trinajstić information content (AvgIpc) is 2.72. The van der Waals surface area contributed by atoms with Crippen molar-refractivity contribution in [2.45, 2.75) is 32.7 Å². The second-order valence-corrected chi connectivity index (χ2v) is 4.95. The number of aryl methyl sites for hydroxylation is 4. The van der Waals surface area contributed by atoms with E-state index < -0.39 is 0 Å². The molecule has 96 valence electrons. The van der Waals surface area contributed by atoms with Gasteiger partial charge in [0.25, 0.3) is 0 Å². The van der Waals surface area contributed by atoms with Crippen molar-refractivity contribution in [2.24, 2.45) is 12.8 Å². The third kappa shape index (κ3) is 2.79. The molecule has 0 saturated heterocycles. The molecule has 1 heterocycles. The lowest BCUT2D eigenvalue weighted by molar-refractivity contribution is 0.611. The van der Waals surface area contributed by atoms with E-state index in [4.69, 9.17) is 5.73 Å². The molecule has 1 aromatic heterocycles. The van der Waals surface area contributed by atoms with E-state index in [0.29, 0.717) is 0 Å². The summed E-state index contributed by atoms with van der Waals surface area (Å²) < 4.78 is 1.91. The molecule has 18 heavy (non-hydrogen) atoms. The van der Waals surface area contributed by atoms with E-state index >= 15 is 0 Å². The molecular formula is C15H21N3. The first-order valence-electron chi connectivity index (χ1n) is 6.37. The quantitative estimate of drug-likeness (QED) is 0.897. The van der Waals surface area contributed by atoms with E-state index in [1.807, 2.05) is 17.9 Å². The molecule has 0 fully saturated rings. The summed E-state index contributed by atoms with van der Waals surface area (Å²) in [6, 6.07) is 8.62. The van der Waals surface area contributed by atoms with Crippen LogP contribution in [-0.2, 0) is 13.5 Å². The molecule has 0 aliphatic carbocycles. The van der Waals surface area contributed by atoms with Crippen molar-refractivity contribution in [2.75, 3.05) is 0 Å². The smallest absolute Gasteiger partial charge is 0.0492 e. The SMILES string of the molecule is Cc1ccc(C(N)CCc2ccnn2C)c(C)c1. The molecule has 0 aliphatic rings. The Morgan fingerprint density at radius 2 is 2.06 bits per heavy atom. The van der Waals surface area contributed by atoms with E-state index in [1.54, 1.807) is 0 Å². The van der Waals surface area contributed by atoms with Crippen molar-refractivity contribution in [3.63, 3.8) is 0 Å². The van der Waals surface area contributed by atoms with Gasteiger partial charge < -0.3 is 5.73 Å². The highest BCUT2D eigenvalue weighted by Gasteiger charge is 2.10. The first-order chi connectivity index (χ1) is 8.58. The molecule has 0 spiro atoms. The Morgan fingerprint density at radius 3 is 2.67 bits per heavy atom. The van der Waals surface area contributed by atoms with Crippen molar-refractivity contribution in [1.82, 2.24) is 9.78 Å². The zero-order valence-electron chi connectivity index (χ0n) is 11.4. The zero-order valence-corrected chi connectivity index (χ0v) is 11.4. The average molecular weight is 243 g/mol. The maximum Gasteiger partial charge on any atom is 0.0492 e. The largest absolute Gasteiger partial charge is 0.324 e. The van der Waals surface area contributed by atoms with E-state index in [-0.39, 0.29) is 6.04 Å². The van der Waals surface area contributed by atoms with E-state index in [1.165, 1.54) is 22.4 Å². The Balaban J connectivity index is 2.03. The molecule has 1 unspecified atom stereocenters. The van der Waals surface area contributed by atoms with Crippen LogP contribution in [0.4, 0.5) is 0 Å². The van der Waals surface area contributed by atoms with E-state index in [2.05, 4.69) is 43.2 Å². The van der Waals surface area contributed by atoms with Gasteiger partial charge in [0.1, 0.15) is 0 Å². The van der Waals surface area contributed by atoms with Gasteiger partial charge in [-0.05, 0) is 43.9 Å². The van der Waals surface area contributed by atoms with E-state index in [0.717, 1.165) is 12.8 Å². The Kier molecular flexibility index (Phi) is 3.82. The van der Waals surface area contributed by atoms with Crippen LogP contribution in [0.2, 0.25) is 0 Å². The summed E-state index contributed by atoms with van der Waals surface area (Å²) >= 11 is 0. The van der Waals surface area contributed by atoms with Gasteiger partial charge in [-0.3, -0.25) is 4.68 Å². The summed E-state index contributed by atoms with van der Waals surface area (Å²) in [6.45, 7) is 4.24. The van der Waals surface area contributed by atoms with Crippen LogP contribution in [0.5, 0.6) is 0 Å². The second kappa shape index (κ2) is 5.36. The molecule has 2 N–H and O–H groups in total. The molecule has 0 aliphatic heterocycles. The first kappa shape index (κ1) is 12.8. The number of aromatic nitrogens is 2. The Hall–Kier alpha value is -1.61. The third-order valence-corrected chi connectivity index (χ3v) is 3.46. The summed E-state index contributed by atoms with van der Waals surface area (Å²) in [7, 11) is 1.97. The predicted octanol–water partition coefficient (Wildman–Crippen LogP) is 2.67. The predicted molar refractivity (Wildman–Crippen MR) is 74.4 cm³/mol. The molecule has 3 heteroatoms. The monoisotopic (exact) mass is 243 g/mol. The maximum atomic E-state index is 6.28. The highest BCUT2D eigenvalue weighted by molar-refractivity contribution is 5.32. The van der Waals surface area contributed by atoms with Crippen molar-refractivity contribution in [3.05, 3.63) is 52.8 Å². The molecular weight excluding hydrogens is 222 g/mol. The van der Waals surface area contributed by atoms with Crippen molar-refractivity contribution in [3.8, 4) is 0 Å². The van der Waals surface area contributed by atoms with Crippen LogP contribution in [0, 0.1) is 13.8 Å². The number of nitrogens with zero attached hydrogens (tertiary/aromatic N) is 2. The van der Waals surface area contributed by atoms with Gasteiger partial charge in [-0.25, -0.2) is 0 Å². The maximum absolute atomic E-state index is 6.28. The van der Waals surface area contributed by atoms with Crippen LogP contribution in [0.1, 0.15) is 34.8 Å². The van der Waals surface area contributed by atoms with Crippen LogP contribution < -0.4 is 5.73 Å². The molecule has 3 nitrogen and oxygen atoms in total. The minimum absolute atomic E-state index is 0.0977. The lowest BCUT2D eigenvalue weighted by Gasteiger charge is -2.15. The number of hydrogen-bond donors (Lipinski definition) is 1. The van der Waals surface area contributed by atoms with Gasteiger partial charge in [0, 0.05) is 25.0 Å². The number of nitrogens with two attached hydrogens (primary N) is 1. The lowest BCUT2D eigenvalue weighted by Crippen LogP contribution is -2.13. The van der Waals surface area contributed by atoms with Gasteiger partial charge in [-0.1, -0.05) is 23.8 Å². The first-order valence-corrected chi connectivity index (χ1v) is 6.37. The summed E-state index contributed by atoms with van der Waals surface area (Å²) in [5, 5.41) is 4.17. The minimum Gasteiger partial charge on any atom is -0.324 e. The highest BCUT2D eigenvalue weighted by atomic mass is 15.2. The van der Waals surface area contributed by atoms with Crippen molar-refractivity contribution < 1.29 is 0 Å². The number of benzene rings is 1. The van der Waals surface area contributed by atoms with Gasteiger partial charge >= 0.3 is 0 Å². The topological polar surface area (TPSA) is 43.8 Å². The van der Waals surface area contributed by atoms with Crippen molar-refractivity contribution in [1.29, 1.82) is 0 Å². The number of rotatable bonds is 4. The van der Waals surface area contributed by atoms with Gasteiger partial charge in [-0.2, -0.15) is 5.10 Å². The summed E-state index contributed by atoms with van der Waals surface area (Å²) in [4.78, 5) is 0. The lowest BCUT2D eigenvalue weighted by atomic mass is 9.96. The van der Waals surface area contributed by atoms with Crippen LogP contribution in [0.3, 0.4) is 0 Å². The fraction of sp³-hybridized carbons (Fsp3) is 0.400. The van der Waals surface area contributed by atoms with Crippen LogP contribution in [0.15, 0.2) is 30.5 Å². The van der Waals surface area contributed by atoms with Gasteiger partial charge in [-0.15, -0.1) is 0 Å². The van der Waals surface area contributed by atoms with Crippen LogP contribution >= 0.6 is 0 Å². The molecule has 2 rings (SSSR count). The highest BCUT2D eigenvalue weighted by Crippen LogP contribution is 2.21. The van der Waals surface area contributed by atoms with Gasteiger partial charge in [0.15, 0.2) is 0 Å². The fourth-order valence-electron chi connectivity index (χ4n) is 2.35. The molecule has 1 atom stereocenters. The molecule has 1 aromatic carbocycles. The molecule has 0 radical (unpaired) electrons. The molecule has 2 aromatic rings. The summed E-state index contributed by atoms with van der Waals surface area (Å²) in [5.74, 6) is 0. The van der Waals surface area contributed by atoms with Crippen LogP contribution in [0.25, 0.3) is 0 Å². The normalized spacial score (nSPS) is 12.7. The molecule has 0 amide bonds. The van der Waals surface area contributed by atoms with Crippen molar-refractivity contribution >= 4 is 0 Å². The Labute approximate surface area is 109 Å². The molecule has 0 saturated carbocycles. The second-order valence-electron chi connectivity index (χ2n) is 4.95. The van der Waals surface area contributed by atoms with Gasteiger partial charge in [0.2, 0.25) is 0 Å². The standard InChI is InChI=1S/C15H21N3/c1-11-4-6-14(12(2)10-11)15(16)7-5-13-8-9-17-18(13)3/h4,6,8-10,15H,5,7,16H2,1-3H3. The van der Waals surface area contributed by atoms with Crippen LogP contribution in [-0.4, -0.2) is 9.78 Å². The summed E-state index contributed by atoms with van der Waals surface area (Å²) in [6.07, 6.45) is 3.74.